The number of benzene rings is 1. The maximum Gasteiger partial charge on any atom is 0.273 e. The van der Waals surface area contributed by atoms with E-state index >= 15 is 0 Å². The lowest BCUT2D eigenvalue weighted by Crippen LogP contribution is -2.40. The van der Waals surface area contributed by atoms with E-state index in [4.69, 9.17) is 20.8 Å². The third-order valence-corrected chi connectivity index (χ3v) is 2.88. The first-order valence-corrected chi connectivity index (χ1v) is 6.63. The molecule has 0 saturated carbocycles. The van der Waals surface area contributed by atoms with Crippen molar-refractivity contribution in [1.29, 1.82) is 0 Å². The first kappa shape index (κ1) is 15.7. The molecule has 2 N–H and O–H groups in total. The first-order chi connectivity index (χ1) is 10.6. The molecule has 0 spiro atoms. The summed E-state index contributed by atoms with van der Waals surface area (Å²) in [5.74, 6) is -0.176. The van der Waals surface area contributed by atoms with E-state index < -0.39 is 11.8 Å². The highest BCUT2D eigenvalue weighted by atomic mass is 35.5. The molecule has 0 radical (unpaired) electrons. The number of rotatable bonds is 4. The smallest absolute Gasteiger partial charge is 0.273 e. The van der Waals surface area contributed by atoms with Crippen molar-refractivity contribution in [1.82, 2.24) is 10.9 Å². The highest BCUT2D eigenvalue weighted by Gasteiger charge is 2.13. The minimum atomic E-state index is -0.543. The zero-order valence-corrected chi connectivity index (χ0v) is 12.4. The number of hydrazine groups is 1. The number of amides is 2. The predicted molar refractivity (Wildman–Crippen MR) is 81.4 cm³/mol. The van der Waals surface area contributed by atoms with Crippen LogP contribution in [0.15, 0.2) is 47.1 Å². The molecular weight excluding hydrogens is 308 g/mol. The van der Waals surface area contributed by atoms with E-state index in [9.17, 15) is 9.59 Å². The number of ether oxygens (including phenoxy) is 1. The Balaban J connectivity index is 1.95. The summed E-state index contributed by atoms with van der Waals surface area (Å²) in [6.07, 6.45) is 4.19. The van der Waals surface area contributed by atoms with Gasteiger partial charge in [0.05, 0.1) is 18.9 Å². The number of halogens is 1. The zero-order valence-electron chi connectivity index (χ0n) is 11.6. The summed E-state index contributed by atoms with van der Waals surface area (Å²) in [6, 6.07) is 8.00. The highest BCUT2D eigenvalue weighted by molar-refractivity contribution is 6.31. The SMILES string of the molecule is COc1ccc(Cl)cc1C(=O)NNC(=O)C=Cc1ccco1. The van der Waals surface area contributed by atoms with Crippen molar-refractivity contribution < 1.29 is 18.7 Å². The van der Waals surface area contributed by atoms with Gasteiger partial charge in [-0.3, -0.25) is 20.4 Å². The summed E-state index contributed by atoms with van der Waals surface area (Å²) in [5.41, 5.74) is 4.73. The lowest BCUT2D eigenvalue weighted by Gasteiger charge is -2.09. The predicted octanol–water partition coefficient (Wildman–Crippen LogP) is 2.42. The summed E-state index contributed by atoms with van der Waals surface area (Å²) >= 11 is 5.84. The van der Waals surface area contributed by atoms with Gasteiger partial charge in [0.15, 0.2) is 0 Å². The Hall–Kier alpha value is -2.73. The van der Waals surface area contributed by atoms with Crippen molar-refractivity contribution in [3.63, 3.8) is 0 Å². The van der Waals surface area contributed by atoms with Gasteiger partial charge in [0.25, 0.3) is 11.8 Å². The molecule has 1 aromatic heterocycles. The number of carbonyl (C=O) groups excluding carboxylic acids is 2. The van der Waals surface area contributed by atoms with Gasteiger partial charge in [-0.2, -0.15) is 0 Å². The van der Waals surface area contributed by atoms with Crippen LogP contribution in [0.25, 0.3) is 6.08 Å². The van der Waals surface area contributed by atoms with Gasteiger partial charge in [-0.05, 0) is 36.4 Å². The molecule has 114 valence electrons. The van der Waals surface area contributed by atoms with Crippen LogP contribution in [0.3, 0.4) is 0 Å². The molecule has 0 aliphatic rings. The van der Waals surface area contributed by atoms with Crippen LogP contribution < -0.4 is 15.6 Å². The molecule has 0 saturated heterocycles. The monoisotopic (exact) mass is 320 g/mol. The van der Waals surface area contributed by atoms with Gasteiger partial charge in [0, 0.05) is 11.1 Å². The van der Waals surface area contributed by atoms with Crippen molar-refractivity contribution in [3.05, 3.63) is 59.0 Å². The van der Waals surface area contributed by atoms with Gasteiger partial charge in [-0.15, -0.1) is 0 Å². The zero-order chi connectivity index (χ0) is 15.9. The Morgan fingerprint density at radius 2 is 2.09 bits per heavy atom. The summed E-state index contributed by atoms with van der Waals surface area (Å²) in [5, 5.41) is 0.384. The minimum Gasteiger partial charge on any atom is -0.496 e. The second kappa shape index (κ2) is 7.33. The molecule has 0 fully saturated rings. The van der Waals surface area contributed by atoms with E-state index in [1.807, 2.05) is 0 Å². The lowest BCUT2D eigenvalue weighted by atomic mass is 10.2. The molecule has 0 atom stereocenters. The van der Waals surface area contributed by atoms with Crippen LogP contribution >= 0.6 is 11.6 Å². The minimum absolute atomic E-state index is 0.213. The Kier molecular flexibility index (Phi) is 5.21. The fourth-order valence-electron chi connectivity index (χ4n) is 1.63. The van der Waals surface area contributed by atoms with Crippen molar-refractivity contribution in [2.45, 2.75) is 0 Å². The number of furan rings is 1. The van der Waals surface area contributed by atoms with Crippen molar-refractivity contribution in [2.75, 3.05) is 7.11 Å². The van der Waals surface area contributed by atoms with E-state index in [1.165, 1.54) is 31.6 Å². The lowest BCUT2D eigenvalue weighted by molar-refractivity contribution is -0.117. The third-order valence-electron chi connectivity index (χ3n) is 2.65. The topological polar surface area (TPSA) is 80.6 Å². The largest absolute Gasteiger partial charge is 0.496 e. The van der Waals surface area contributed by atoms with E-state index in [-0.39, 0.29) is 5.56 Å². The number of carbonyl (C=O) groups is 2. The molecule has 2 rings (SSSR count). The number of methoxy groups -OCH3 is 1. The summed E-state index contributed by atoms with van der Waals surface area (Å²) < 4.78 is 10.1. The molecule has 1 heterocycles. The maximum atomic E-state index is 12.0. The van der Waals surface area contributed by atoms with Crippen molar-refractivity contribution in [3.8, 4) is 5.75 Å². The van der Waals surface area contributed by atoms with Gasteiger partial charge < -0.3 is 9.15 Å². The molecule has 0 unspecified atom stereocenters. The number of hydrogen-bond acceptors (Lipinski definition) is 4. The molecule has 6 nitrogen and oxygen atoms in total. The van der Waals surface area contributed by atoms with Gasteiger partial charge >= 0.3 is 0 Å². The summed E-state index contributed by atoms with van der Waals surface area (Å²) in [4.78, 5) is 23.6. The average Bonchev–Trinajstić information content (AvgIpc) is 3.04. The summed E-state index contributed by atoms with van der Waals surface area (Å²) in [7, 11) is 1.44. The van der Waals surface area contributed by atoms with Crippen LogP contribution in [0.4, 0.5) is 0 Å². The molecular formula is C15H13ClN2O4. The molecule has 0 aliphatic carbocycles. The molecule has 0 bridgehead atoms. The van der Waals surface area contributed by atoms with Gasteiger partial charge in [0.1, 0.15) is 11.5 Å². The highest BCUT2D eigenvalue weighted by Crippen LogP contribution is 2.22. The van der Waals surface area contributed by atoms with Crippen LogP contribution in [0.5, 0.6) is 5.75 Å². The molecule has 2 amide bonds. The third kappa shape index (κ3) is 4.13. The van der Waals surface area contributed by atoms with Gasteiger partial charge in [-0.1, -0.05) is 11.6 Å². The van der Waals surface area contributed by atoms with Crippen LogP contribution in [0.1, 0.15) is 16.1 Å². The number of hydrogen-bond donors (Lipinski definition) is 2. The van der Waals surface area contributed by atoms with Gasteiger partial charge in [-0.25, -0.2) is 0 Å². The van der Waals surface area contributed by atoms with Crippen molar-refractivity contribution >= 4 is 29.5 Å². The molecule has 1 aromatic carbocycles. The number of nitrogens with one attached hydrogen (secondary N) is 2. The fourth-order valence-corrected chi connectivity index (χ4v) is 1.80. The normalized spacial score (nSPS) is 10.5. The van der Waals surface area contributed by atoms with Gasteiger partial charge in [0.2, 0.25) is 0 Å². The Bertz CT molecular complexity index is 696. The molecule has 7 heteroatoms. The quantitative estimate of drug-likeness (QED) is 0.669. The molecule has 0 aliphatic heterocycles. The van der Waals surface area contributed by atoms with E-state index in [0.29, 0.717) is 16.5 Å². The van der Waals surface area contributed by atoms with Crippen LogP contribution in [-0.4, -0.2) is 18.9 Å². The van der Waals surface area contributed by atoms with Crippen LogP contribution in [0.2, 0.25) is 5.02 Å². The summed E-state index contributed by atoms with van der Waals surface area (Å²) in [6.45, 7) is 0. The van der Waals surface area contributed by atoms with Crippen molar-refractivity contribution in [2.24, 2.45) is 0 Å². The first-order valence-electron chi connectivity index (χ1n) is 6.25. The van der Waals surface area contributed by atoms with E-state index in [1.54, 1.807) is 24.3 Å². The molecule has 2 aromatic rings. The Morgan fingerprint density at radius 3 is 2.77 bits per heavy atom. The van der Waals surface area contributed by atoms with Crippen LogP contribution in [0, 0.1) is 0 Å². The van der Waals surface area contributed by atoms with E-state index in [2.05, 4.69) is 10.9 Å². The van der Waals surface area contributed by atoms with E-state index in [0.717, 1.165) is 0 Å². The van der Waals surface area contributed by atoms with Crippen LogP contribution in [-0.2, 0) is 4.79 Å². The molecule has 22 heavy (non-hydrogen) atoms. The standard InChI is InChI=1S/C15H13ClN2O4/c1-21-13-6-4-10(16)9-12(13)15(20)18-17-14(19)7-5-11-3-2-8-22-11/h2-9H,1H3,(H,17,19)(H,18,20). The Morgan fingerprint density at radius 1 is 1.27 bits per heavy atom. The second-order valence-corrected chi connectivity index (χ2v) is 4.57. The Labute approximate surface area is 131 Å². The average molecular weight is 321 g/mol. The second-order valence-electron chi connectivity index (χ2n) is 4.14. The fraction of sp³-hybridized carbons (Fsp3) is 0.0667. The maximum absolute atomic E-state index is 12.0.